The number of hydrogen-bond donors (Lipinski definition) is 0. The van der Waals surface area contributed by atoms with Crippen LogP contribution in [0.4, 0.5) is 0 Å². The van der Waals surface area contributed by atoms with Gasteiger partial charge in [0, 0.05) is 6.92 Å². The van der Waals surface area contributed by atoms with E-state index in [1.54, 1.807) is 13.8 Å². The maximum atomic E-state index is 10.9. The predicted molar refractivity (Wildman–Crippen MR) is 35.5 cm³/mol. The molecule has 58 valence electrons. The standard InChI is InChI=1S/C6H9ClO3/c1-5(2)4(8)9-6(3,7)10-5/h1-3H3. The summed E-state index contributed by atoms with van der Waals surface area (Å²) in [6.45, 7) is 4.72. The largest absolute Gasteiger partial charge is 0.416 e. The number of rotatable bonds is 0. The fraction of sp³-hybridized carbons (Fsp3) is 0.833. The van der Waals surface area contributed by atoms with Gasteiger partial charge in [-0.3, -0.25) is 0 Å². The molecule has 0 spiro atoms. The average molecular weight is 165 g/mol. The Bertz CT molecular complexity index is 174. The van der Waals surface area contributed by atoms with E-state index in [0.717, 1.165) is 0 Å². The first-order valence-electron chi connectivity index (χ1n) is 2.96. The van der Waals surface area contributed by atoms with E-state index < -0.39 is 16.8 Å². The van der Waals surface area contributed by atoms with Crippen LogP contribution in [0.5, 0.6) is 0 Å². The summed E-state index contributed by atoms with van der Waals surface area (Å²) in [4.78, 5) is 10.9. The summed E-state index contributed by atoms with van der Waals surface area (Å²) in [7, 11) is 0. The fourth-order valence-electron chi connectivity index (χ4n) is 0.807. The van der Waals surface area contributed by atoms with Crippen molar-refractivity contribution in [3.8, 4) is 0 Å². The number of carbonyl (C=O) groups is 1. The Balaban J connectivity index is 2.81. The Hall–Kier alpha value is -0.280. The topological polar surface area (TPSA) is 35.5 Å². The minimum absolute atomic E-state index is 0.426. The number of cyclic esters (lactones) is 1. The maximum Gasteiger partial charge on any atom is 0.341 e. The van der Waals surface area contributed by atoms with E-state index >= 15 is 0 Å². The van der Waals surface area contributed by atoms with Gasteiger partial charge in [0.05, 0.1) is 0 Å². The lowest BCUT2D eigenvalue weighted by Gasteiger charge is -2.14. The molecule has 1 aliphatic rings. The second-order valence-corrected chi connectivity index (χ2v) is 3.52. The highest BCUT2D eigenvalue weighted by atomic mass is 35.5. The molecule has 0 saturated carbocycles. The zero-order valence-corrected chi connectivity index (χ0v) is 6.86. The Kier molecular flexibility index (Phi) is 1.45. The molecule has 1 aliphatic heterocycles. The highest BCUT2D eigenvalue weighted by Crippen LogP contribution is 2.34. The summed E-state index contributed by atoms with van der Waals surface area (Å²) < 4.78 is 9.71. The van der Waals surface area contributed by atoms with E-state index in [0.29, 0.717) is 0 Å². The van der Waals surface area contributed by atoms with Crippen molar-refractivity contribution in [2.24, 2.45) is 0 Å². The van der Waals surface area contributed by atoms with E-state index in [-0.39, 0.29) is 0 Å². The van der Waals surface area contributed by atoms with Gasteiger partial charge >= 0.3 is 5.97 Å². The average Bonchev–Trinajstić information content (AvgIpc) is 1.73. The second-order valence-electron chi connectivity index (χ2n) is 2.84. The van der Waals surface area contributed by atoms with E-state index in [1.165, 1.54) is 6.92 Å². The summed E-state index contributed by atoms with van der Waals surface area (Å²) >= 11 is 5.58. The SMILES string of the molecule is CC1(Cl)OC(=O)C(C)(C)O1. The molecule has 1 unspecified atom stereocenters. The Morgan fingerprint density at radius 3 is 2.00 bits per heavy atom. The summed E-state index contributed by atoms with van der Waals surface area (Å²) in [5.41, 5.74) is -0.906. The third-order valence-corrected chi connectivity index (χ3v) is 1.36. The van der Waals surface area contributed by atoms with Gasteiger partial charge in [-0.05, 0) is 25.4 Å². The fourth-order valence-corrected chi connectivity index (χ4v) is 1.07. The third kappa shape index (κ3) is 1.25. The second kappa shape index (κ2) is 1.86. The van der Waals surface area contributed by atoms with Crippen LogP contribution in [0.15, 0.2) is 0 Å². The van der Waals surface area contributed by atoms with Crippen LogP contribution in [-0.2, 0) is 14.3 Å². The zero-order valence-electron chi connectivity index (χ0n) is 6.10. The Labute approximate surface area is 64.3 Å². The minimum Gasteiger partial charge on any atom is -0.416 e. The van der Waals surface area contributed by atoms with Crippen molar-refractivity contribution in [1.82, 2.24) is 0 Å². The molecule has 0 radical (unpaired) electrons. The Morgan fingerprint density at radius 1 is 1.40 bits per heavy atom. The van der Waals surface area contributed by atoms with Crippen LogP contribution in [-0.4, -0.2) is 16.8 Å². The van der Waals surface area contributed by atoms with E-state index in [2.05, 4.69) is 4.74 Å². The smallest absolute Gasteiger partial charge is 0.341 e. The van der Waals surface area contributed by atoms with Gasteiger partial charge in [0.2, 0.25) is 0 Å². The molecule has 0 aromatic rings. The van der Waals surface area contributed by atoms with Crippen molar-refractivity contribution in [3.05, 3.63) is 0 Å². The van der Waals surface area contributed by atoms with Crippen LogP contribution in [0.1, 0.15) is 20.8 Å². The van der Waals surface area contributed by atoms with Crippen LogP contribution in [0.2, 0.25) is 0 Å². The Morgan fingerprint density at radius 2 is 1.90 bits per heavy atom. The van der Waals surface area contributed by atoms with Crippen molar-refractivity contribution in [1.29, 1.82) is 0 Å². The molecule has 1 heterocycles. The molecule has 1 saturated heterocycles. The number of esters is 1. The molecular weight excluding hydrogens is 156 g/mol. The van der Waals surface area contributed by atoms with Gasteiger partial charge in [-0.2, -0.15) is 0 Å². The quantitative estimate of drug-likeness (QED) is 0.399. The summed E-state index contributed by atoms with van der Waals surface area (Å²) in [5, 5.41) is -1.28. The maximum absolute atomic E-state index is 10.9. The van der Waals surface area contributed by atoms with Crippen LogP contribution < -0.4 is 0 Å². The molecule has 1 atom stereocenters. The van der Waals surface area contributed by atoms with E-state index in [1.807, 2.05) is 0 Å². The van der Waals surface area contributed by atoms with Gasteiger partial charge in [0.25, 0.3) is 5.25 Å². The lowest BCUT2D eigenvalue weighted by Crippen LogP contribution is -2.28. The van der Waals surface area contributed by atoms with Crippen LogP contribution in [0.25, 0.3) is 0 Å². The molecule has 0 aliphatic carbocycles. The van der Waals surface area contributed by atoms with Gasteiger partial charge < -0.3 is 9.47 Å². The van der Waals surface area contributed by atoms with Crippen molar-refractivity contribution in [2.75, 3.05) is 0 Å². The number of carbonyl (C=O) groups excluding carboxylic acids is 1. The van der Waals surface area contributed by atoms with E-state index in [4.69, 9.17) is 16.3 Å². The third-order valence-electron chi connectivity index (χ3n) is 1.20. The molecule has 0 amide bonds. The highest BCUT2D eigenvalue weighted by Gasteiger charge is 2.49. The van der Waals surface area contributed by atoms with Gasteiger partial charge in [-0.25, -0.2) is 4.79 Å². The summed E-state index contributed by atoms with van der Waals surface area (Å²) in [6, 6.07) is 0. The monoisotopic (exact) mass is 164 g/mol. The van der Waals surface area contributed by atoms with Gasteiger partial charge in [-0.15, -0.1) is 0 Å². The van der Waals surface area contributed by atoms with Gasteiger partial charge in [-0.1, -0.05) is 0 Å². The molecular formula is C6H9ClO3. The summed E-state index contributed by atoms with van der Waals surface area (Å²) in [6.07, 6.45) is 0. The molecule has 1 rings (SSSR count). The lowest BCUT2D eigenvalue weighted by molar-refractivity contribution is -0.146. The number of ether oxygens (including phenoxy) is 2. The minimum atomic E-state index is -1.28. The molecule has 1 fully saturated rings. The number of hydrogen-bond acceptors (Lipinski definition) is 3. The molecule has 10 heavy (non-hydrogen) atoms. The van der Waals surface area contributed by atoms with Crippen molar-refractivity contribution in [3.63, 3.8) is 0 Å². The highest BCUT2D eigenvalue weighted by molar-refractivity contribution is 6.22. The first-order chi connectivity index (χ1) is 4.33. The lowest BCUT2D eigenvalue weighted by atomic mass is 10.1. The zero-order chi connectivity index (χ0) is 7.99. The normalized spacial score (nSPS) is 37.8. The number of alkyl halides is 1. The molecule has 4 heteroatoms. The van der Waals surface area contributed by atoms with Gasteiger partial charge in [0.15, 0.2) is 5.60 Å². The molecule has 0 aromatic carbocycles. The van der Waals surface area contributed by atoms with E-state index in [9.17, 15) is 4.79 Å². The van der Waals surface area contributed by atoms with Crippen molar-refractivity contribution >= 4 is 17.6 Å². The van der Waals surface area contributed by atoms with Crippen LogP contribution >= 0.6 is 11.6 Å². The molecule has 0 bridgehead atoms. The molecule has 0 N–H and O–H groups in total. The summed E-state index contributed by atoms with van der Waals surface area (Å²) in [5.74, 6) is -0.426. The molecule has 3 nitrogen and oxygen atoms in total. The first kappa shape index (κ1) is 7.82. The predicted octanol–water partition coefficient (Wildman–Crippen LogP) is 1.25. The van der Waals surface area contributed by atoms with Crippen molar-refractivity contribution < 1.29 is 14.3 Å². The first-order valence-corrected chi connectivity index (χ1v) is 3.34. The van der Waals surface area contributed by atoms with Crippen molar-refractivity contribution in [2.45, 2.75) is 31.6 Å². The van der Waals surface area contributed by atoms with Crippen LogP contribution in [0.3, 0.4) is 0 Å². The van der Waals surface area contributed by atoms with Gasteiger partial charge in [0.1, 0.15) is 0 Å². The molecule has 0 aromatic heterocycles. The van der Waals surface area contributed by atoms with Crippen LogP contribution in [0, 0.1) is 0 Å². The number of halogens is 1.